The van der Waals surface area contributed by atoms with Crippen molar-refractivity contribution >= 4 is 15.7 Å². The molecule has 1 atom stereocenters. The van der Waals surface area contributed by atoms with Crippen LogP contribution in [0.25, 0.3) is 0 Å². The van der Waals surface area contributed by atoms with Crippen molar-refractivity contribution in [3.63, 3.8) is 0 Å². The van der Waals surface area contributed by atoms with E-state index < -0.39 is 9.84 Å². The van der Waals surface area contributed by atoms with Gasteiger partial charge in [0.15, 0.2) is 21.3 Å². The average molecular weight is 327 g/mol. The first kappa shape index (κ1) is 15.0. The molecule has 1 saturated heterocycles. The molecule has 1 aromatic rings. The van der Waals surface area contributed by atoms with E-state index in [0.29, 0.717) is 42.4 Å². The number of nitrogens with one attached hydrogen (secondary N) is 1. The smallest absolute Gasteiger partial charge is 0.251 e. The first-order valence-electron chi connectivity index (χ1n) is 6.97. The number of amides is 1. The minimum atomic E-state index is -3.03. The zero-order chi connectivity index (χ0) is 15.7. The van der Waals surface area contributed by atoms with Crippen LogP contribution in [-0.2, 0) is 9.84 Å². The molecule has 1 N–H and O–H groups in total. The summed E-state index contributed by atoms with van der Waals surface area (Å²) in [5.74, 6) is 1.10. The maximum atomic E-state index is 12.3. The van der Waals surface area contributed by atoms with Crippen molar-refractivity contribution in [1.29, 1.82) is 0 Å². The molecule has 1 unspecified atom stereocenters. The van der Waals surface area contributed by atoms with Gasteiger partial charge in [-0.25, -0.2) is 8.42 Å². The van der Waals surface area contributed by atoms with Gasteiger partial charge in [-0.05, 0) is 18.6 Å². The molecular weight excluding hydrogens is 310 g/mol. The Morgan fingerprint density at radius 1 is 1.32 bits per heavy atom. The Bertz CT molecular complexity index is 682. The number of benzene rings is 1. The Morgan fingerprint density at radius 3 is 2.77 bits per heavy atom. The van der Waals surface area contributed by atoms with E-state index in [1.165, 1.54) is 7.11 Å². The molecule has 3 rings (SSSR count). The van der Waals surface area contributed by atoms with E-state index in [1.54, 1.807) is 12.1 Å². The number of sulfone groups is 1. The topological polar surface area (TPSA) is 90.9 Å². The number of fused-ring (bicyclic) bond motifs is 1. The number of methoxy groups -OCH3 is 1. The van der Waals surface area contributed by atoms with Gasteiger partial charge in [0.2, 0.25) is 5.75 Å². The van der Waals surface area contributed by atoms with Crippen LogP contribution in [0.5, 0.6) is 17.2 Å². The van der Waals surface area contributed by atoms with Crippen LogP contribution < -0.4 is 19.5 Å². The van der Waals surface area contributed by atoms with Gasteiger partial charge in [-0.1, -0.05) is 0 Å². The number of hydrogen-bond donors (Lipinski definition) is 1. The van der Waals surface area contributed by atoms with Crippen LogP contribution in [-0.4, -0.2) is 52.2 Å². The Balaban J connectivity index is 1.81. The van der Waals surface area contributed by atoms with E-state index in [4.69, 9.17) is 14.2 Å². The zero-order valence-electron chi connectivity index (χ0n) is 12.1. The highest BCUT2D eigenvalue weighted by Crippen LogP contribution is 2.40. The molecule has 0 aromatic heterocycles. The van der Waals surface area contributed by atoms with Crippen LogP contribution in [0.2, 0.25) is 0 Å². The molecule has 7 nitrogen and oxygen atoms in total. The molecule has 1 aromatic carbocycles. The lowest BCUT2D eigenvalue weighted by atomic mass is 10.1. The van der Waals surface area contributed by atoms with Crippen molar-refractivity contribution in [3.8, 4) is 17.2 Å². The summed E-state index contributed by atoms with van der Waals surface area (Å²) >= 11 is 0. The second-order valence-electron chi connectivity index (χ2n) is 5.28. The minimum Gasteiger partial charge on any atom is -0.493 e. The van der Waals surface area contributed by atoms with Crippen molar-refractivity contribution in [2.45, 2.75) is 12.5 Å². The lowest BCUT2D eigenvalue weighted by molar-refractivity contribution is 0.0939. The lowest BCUT2D eigenvalue weighted by Crippen LogP contribution is -2.35. The Morgan fingerprint density at radius 2 is 2.09 bits per heavy atom. The fourth-order valence-corrected chi connectivity index (χ4v) is 4.26. The minimum absolute atomic E-state index is 0.0135. The summed E-state index contributed by atoms with van der Waals surface area (Å²) in [6.45, 7) is 0.830. The van der Waals surface area contributed by atoms with Crippen molar-refractivity contribution in [2.24, 2.45) is 0 Å². The van der Waals surface area contributed by atoms with E-state index in [0.717, 1.165) is 0 Å². The molecule has 22 heavy (non-hydrogen) atoms. The molecule has 0 aliphatic carbocycles. The first-order chi connectivity index (χ1) is 10.5. The molecule has 2 heterocycles. The Kier molecular flexibility index (Phi) is 3.86. The predicted octanol–water partition coefficient (Wildman–Crippen LogP) is 0.383. The Labute approximate surface area is 128 Å². The number of hydrogen-bond acceptors (Lipinski definition) is 6. The van der Waals surface area contributed by atoms with E-state index in [-0.39, 0.29) is 23.5 Å². The van der Waals surface area contributed by atoms with Crippen LogP contribution in [0.3, 0.4) is 0 Å². The SMILES string of the molecule is COc1cc(C(=O)NC2CCS(=O)(=O)C2)cc2c1OCCO2. The van der Waals surface area contributed by atoms with Crippen molar-refractivity contribution in [3.05, 3.63) is 17.7 Å². The molecule has 1 fully saturated rings. The summed E-state index contributed by atoms with van der Waals surface area (Å²) in [7, 11) is -1.55. The van der Waals surface area contributed by atoms with E-state index in [9.17, 15) is 13.2 Å². The summed E-state index contributed by atoms with van der Waals surface area (Å²) in [4.78, 5) is 12.3. The summed E-state index contributed by atoms with van der Waals surface area (Å²) in [5, 5.41) is 2.74. The summed E-state index contributed by atoms with van der Waals surface area (Å²) in [6.07, 6.45) is 0.440. The summed E-state index contributed by atoms with van der Waals surface area (Å²) < 4.78 is 39.1. The maximum absolute atomic E-state index is 12.3. The van der Waals surface area contributed by atoms with Gasteiger partial charge in [0.1, 0.15) is 13.2 Å². The van der Waals surface area contributed by atoms with Gasteiger partial charge < -0.3 is 19.5 Å². The van der Waals surface area contributed by atoms with E-state index >= 15 is 0 Å². The fraction of sp³-hybridized carbons (Fsp3) is 0.500. The molecular formula is C14H17NO6S. The number of carbonyl (C=O) groups excluding carboxylic acids is 1. The standard InChI is InChI=1S/C14H17NO6S/c1-19-11-6-9(7-12-13(11)21-4-3-20-12)14(16)15-10-2-5-22(17,18)8-10/h6-7,10H,2-5,8H2,1H3,(H,15,16). The molecule has 0 saturated carbocycles. The van der Waals surface area contributed by atoms with Gasteiger partial charge in [0.05, 0.1) is 18.6 Å². The highest BCUT2D eigenvalue weighted by atomic mass is 32.2. The second kappa shape index (κ2) is 5.68. The molecule has 0 bridgehead atoms. The van der Waals surface area contributed by atoms with Gasteiger partial charge in [-0.3, -0.25) is 4.79 Å². The van der Waals surface area contributed by atoms with E-state index in [2.05, 4.69) is 5.32 Å². The van der Waals surface area contributed by atoms with Crippen LogP contribution >= 0.6 is 0 Å². The lowest BCUT2D eigenvalue weighted by Gasteiger charge is -2.21. The largest absolute Gasteiger partial charge is 0.493 e. The van der Waals surface area contributed by atoms with Crippen molar-refractivity contribution in [1.82, 2.24) is 5.32 Å². The third-order valence-corrected chi connectivity index (χ3v) is 5.43. The fourth-order valence-electron chi connectivity index (χ4n) is 2.58. The normalized spacial score (nSPS) is 22.1. The summed E-state index contributed by atoms with van der Waals surface area (Å²) in [5.41, 5.74) is 0.352. The van der Waals surface area contributed by atoms with Crippen LogP contribution in [0, 0.1) is 0 Å². The molecule has 0 radical (unpaired) electrons. The van der Waals surface area contributed by atoms with Gasteiger partial charge in [0, 0.05) is 11.6 Å². The molecule has 1 amide bonds. The zero-order valence-corrected chi connectivity index (χ0v) is 12.9. The molecule has 120 valence electrons. The third kappa shape index (κ3) is 2.96. The first-order valence-corrected chi connectivity index (χ1v) is 8.79. The van der Waals surface area contributed by atoms with Gasteiger partial charge >= 0.3 is 0 Å². The summed E-state index contributed by atoms with van der Waals surface area (Å²) in [6, 6.07) is 2.79. The van der Waals surface area contributed by atoms with Gasteiger partial charge in [0.25, 0.3) is 5.91 Å². The molecule has 2 aliphatic heterocycles. The predicted molar refractivity (Wildman–Crippen MR) is 78.5 cm³/mol. The molecule has 0 spiro atoms. The molecule has 2 aliphatic rings. The Hall–Kier alpha value is -1.96. The van der Waals surface area contributed by atoms with Crippen LogP contribution in [0.4, 0.5) is 0 Å². The quantitative estimate of drug-likeness (QED) is 0.863. The highest BCUT2D eigenvalue weighted by molar-refractivity contribution is 7.91. The number of carbonyl (C=O) groups is 1. The highest BCUT2D eigenvalue weighted by Gasteiger charge is 2.30. The van der Waals surface area contributed by atoms with E-state index in [1.807, 2.05) is 0 Å². The van der Waals surface area contributed by atoms with Crippen LogP contribution in [0.1, 0.15) is 16.8 Å². The van der Waals surface area contributed by atoms with Crippen LogP contribution in [0.15, 0.2) is 12.1 Å². The number of ether oxygens (including phenoxy) is 3. The number of rotatable bonds is 3. The second-order valence-corrected chi connectivity index (χ2v) is 7.50. The third-order valence-electron chi connectivity index (χ3n) is 3.66. The van der Waals surface area contributed by atoms with Crippen molar-refractivity contribution < 1.29 is 27.4 Å². The van der Waals surface area contributed by atoms with Gasteiger partial charge in [-0.2, -0.15) is 0 Å². The van der Waals surface area contributed by atoms with Gasteiger partial charge in [-0.15, -0.1) is 0 Å². The molecule has 8 heteroatoms. The monoisotopic (exact) mass is 327 g/mol. The van der Waals surface area contributed by atoms with Crippen molar-refractivity contribution in [2.75, 3.05) is 31.8 Å². The maximum Gasteiger partial charge on any atom is 0.251 e. The average Bonchev–Trinajstić information content (AvgIpc) is 2.84.